The van der Waals surface area contributed by atoms with Crippen LogP contribution in [0.3, 0.4) is 0 Å². The quantitative estimate of drug-likeness (QED) is 0.800. The average Bonchev–Trinajstić information content (AvgIpc) is 2.63. The monoisotopic (exact) mass is 205 g/mol. The van der Waals surface area contributed by atoms with Gasteiger partial charge in [-0.25, -0.2) is 0 Å². The van der Waals surface area contributed by atoms with E-state index in [1.54, 1.807) is 0 Å². The second-order valence-corrected chi connectivity index (χ2v) is 4.46. The van der Waals surface area contributed by atoms with Gasteiger partial charge < -0.3 is 10.1 Å². The number of nitrogens with one attached hydrogen (secondary N) is 1. The van der Waals surface area contributed by atoms with E-state index in [0.29, 0.717) is 6.10 Å². The first-order valence-corrected chi connectivity index (χ1v) is 5.62. The molecule has 0 aromatic heterocycles. The highest BCUT2D eigenvalue weighted by atomic mass is 16.5. The van der Waals surface area contributed by atoms with Crippen molar-refractivity contribution < 1.29 is 4.74 Å². The molecule has 2 rings (SSSR count). The highest BCUT2D eigenvalue weighted by Gasteiger charge is 2.17. The van der Waals surface area contributed by atoms with Gasteiger partial charge in [-0.3, -0.25) is 0 Å². The molecule has 15 heavy (non-hydrogen) atoms. The van der Waals surface area contributed by atoms with Crippen LogP contribution in [0.25, 0.3) is 0 Å². The lowest BCUT2D eigenvalue weighted by Gasteiger charge is -2.17. The largest absolute Gasteiger partial charge is 0.489 e. The fourth-order valence-corrected chi connectivity index (χ4v) is 2.25. The van der Waals surface area contributed by atoms with Crippen LogP contribution in [0.4, 0.5) is 0 Å². The third kappa shape index (κ3) is 2.32. The minimum atomic E-state index is 0.352. The van der Waals surface area contributed by atoms with E-state index >= 15 is 0 Å². The standard InChI is InChI=1S/C13H19NO/c1-9-6-10(2)13(11(3)7-9)15-12-4-5-14-8-12/h6-7,12,14H,4-5,8H2,1-3H3/t12-/m1/s1. The van der Waals surface area contributed by atoms with Gasteiger partial charge in [-0.2, -0.15) is 0 Å². The molecule has 1 aliphatic rings. The molecule has 82 valence electrons. The normalized spacial score (nSPS) is 20.6. The maximum absolute atomic E-state index is 6.03. The predicted octanol–water partition coefficient (Wildman–Crippen LogP) is 2.35. The van der Waals surface area contributed by atoms with Gasteiger partial charge in [-0.1, -0.05) is 17.7 Å². The number of aryl methyl sites for hydroxylation is 3. The molecular formula is C13H19NO. The minimum absolute atomic E-state index is 0.352. The maximum Gasteiger partial charge on any atom is 0.125 e. The lowest BCUT2D eigenvalue weighted by Crippen LogP contribution is -2.20. The van der Waals surface area contributed by atoms with Crippen molar-refractivity contribution in [2.45, 2.75) is 33.3 Å². The number of ether oxygens (including phenoxy) is 1. The molecule has 2 heteroatoms. The fourth-order valence-electron chi connectivity index (χ4n) is 2.25. The summed E-state index contributed by atoms with van der Waals surface area (Å²) in [6.45, 7) is 8.43. The third-order valence-corrected chi connectivity index (χ3v) is 2.90. The van der Waals surface area contributed by atoms with Crippen LogP contribution in [0.15, 0.2) is 12.1 Å². The molecule has 1 aliphatic heterocycles. The topological polar surface area (TPSA) is 21.3 Å². The molecule has 1 aromatic carbocycles. The van der Waals surface area contributed by atoms with Crippen molar-refractivity contribution in [3.63, 3.8) is 0 Å². The first-order chi connectivity index (χ1) is 7.16. The Hall–Kier alpha value is -1.02. The molecule has 1 aromatic rings. The molecule has 1 N–H and O–H groups in total. The second-order valence-electron chi connectivity index (χ2n) is 4.46. The molecule has 1 fully saturated rings. The summed E-state index contributed by atoms with van der Waals surface area (Å²) in [5.41, 5.74) is 3.81. The highest BCUT2D eigenvalue weighted by Crippen LogP contribution is 2.26. The Morgan fingerprint density at radius 2 is 1.87 bits per heavy atom. The summed E-state index contributed by atoms with van der Waals surface area (Å²) in [5, 5.41) is 3.32. The van der Waals surface area contributed by atoms with Gasteiger partial charge in [0, 0.05) is 6.54 Å². The Morgan fingerprint density at radius 3 is 2.40 bits per heavy atom. The van der Waals surface area contributed by atoms with E-state index in [-0.39, 0.29) is 0 Å². The van der Waals surface area contributed by atoms with Crippen molar-refractivity contribution in [2.75, 3.05) is 13.1 Å². The number of hydrogen-bond donors (Lipinski definition) is 1. The van der Waals surface area contributed by atoms with Crippen molar-refractivity contribution in [3.05, 3.63) is 28.8 Å². The summed E-state index contributed by atoms with van der Waals surface area (Å²) in [4.78, 5) is 0. The fraction of sp³-hybridized carbons (Fsp3) is 0.538. The van der Waals surface area contributed by atoms with Crippen LogP contribution in [0.5, 0.6) is 5.75 Å². The molecule has 0 amide bonds. The molecule has 1 atom stereocenters. The first-order valence-electron chi connectivity index (χ1n) is 5.62. The summed E-state index contributed by atoms with van der Waals surface area (Å²) >= 11 is 0. The van der Waals surface area contributed by atoms with Gasteiger partial charge in [0.05, 0.1) is 0 Å². The van der Waals surface area contributed by atoms with E-state index in [0.717, 1.165) is 25.3 Å². The van der Waals surface area contributed by atoms with Gasteiger partial charge >= 0.3 is 0 Å². The molecule has 0 spiro atoms. The van der Waals surface area contributed by atoms with E-state index in [1.807, 2.05) is 0 Å². The SMILES string of the molecule is Cc1cc(C)c(O[C@@H]2CCNC2)c(C)c1. The number of rotatable bonds is 2. The van der Waals surface area contributed by atoms with E-state index in [9.17, 15) is 0 Å². The summed E-state index contributed by atoms with van der Waals surface area (Å²) in [7, 11) is 0. The Morgan fingerprint density at radius 1 is 1.20 bits per heavy atom. The molecule has 1 saturated heterocycles. The van der Waals surface area contributed by atoms with Crippen LogP contribution in [-0.4, -0.2) is 19.2 Å². The molecule has 0 saturated carbocycles. The lowest BCUT2D eigenvalue weighted by molar-refractivity contribution is 0.220. The van der Waals surface area contributed by atoms with Crippen LogP contribution in [0.1, 0.15) is 23.1 Å². The molecule has 0 radical (unpaired) electrons. The predicted molar refractivity (Wildman–Crippen MR) is 62.6 cm³/mol. The first kappa shape index (κ1) is 10.5. The Kier molecular flexibility index (Phi) is 2.96. The molecule has 1 heterocycles. The second kappa shape index (κ2) is 4.23. The van der Waals surface area contributed by atoms with E-state index in [1.165, 1.54) is 16.7 Å². The molecule has 0 bridgehead atoms. The van der Waals surface area contributed by atoms with Crippen LogP contribution >= 0.6 is 0 Å². The summed E-state index contributed by atoms with van der Waals surface area (Å²) < 4.78 is 6.03. The zero-order chi connectivity index (χ0) is 10.8. The summed E-state index contributed by atoms with van der Waals surface area (Å²) in [6.07, 6.45) is 1.47. The van der Waals surface area contributed by atoms with E-state index < -0.39 is 0 Å². The van der Waals surface area contributed by atoms with Gasteiger partial charge in [0.2, 0.25) is 0 Å². The van der Waals surface area contributed by atoms with Gasteiger partial charge in [-0.15, -0.1) is 0 Å². The van der Waals surface area contributed by atoms with Crippen LogP contribution < -0.4 is 10.1 Å². The van der Waals surface area contributed by atoms with E-state index in [4.69, 9.17) is 4.74 Å². The molecule has 0 aliphatic carbocycles. The Bertz CT molecular complexity index is 331. The van der Waals surface area contributed by atoms with Crippen molar-refractivity contribution in [1.29, 1.82) is 0 Å². The third-order valence-electron chi connectivity index (χ3n) is 2.90. The molecule has 2 nitrogen and oxygen atoms in total. The smallest absolute Gasteiger partial charge is 0.125 e. The lowest BCUT2D eigenvalue weighted by atomic mass is 10.1. The average molecular weight is 205 g/mol. The van der Waals surface area contributed by atoms with Crippen LogP contribution in [-0.2, 0) is 0 Å². The maximum atomic E-state index is 6.03. The summed E-state index contributed by atoms with van der Waals surface area (Å²) in [6, 6.07) is 4.37. The van der Waals surface area contributed by atoms with Crippen molar-refractivity contribution in [1.82, 2.24) is 5.32 Å². The zero-order valence-corrected chi connectivity index (χ0v) is 9.76. The van der Waals surface area contributed by atoms with Crippen molar-refractivity contribution >= 4 is 0 Å². The van der Waals surface area contributed by atoms with E-state index in [2.05, 4.69) is 38.2 Å². The van der Waals surface area contributed by atoms with Crippen LogP contribution in [0.2, 0.25) is 0 Å². The Labute approximate surface area is 91.6 Å². The highest BCUT2D eigenvalue weighted by molar-refractivity contribution is 5.43. The van der Waals surface area contributed by atoms with Gasteiger partial charge in [0.15, 0.2) is 0 Å². The van der Waals surface area contributed by atoms with Gasteiger partial charge in [-0.05, 0) is 44.9 Å². The van der Waals surface area contributed by atoms with Crippen LogP contribution in [0, 0.1) is 20.8 Å². The van der Waals surface area contributed by atoms with Gasteiger partial charge in [0.25, 0.3) is 0 Å². The molecular weight excluding hydrogens is 186 g/mol. The van der Waals surface area contributed by atoms with Crippen molar-refractivity contribution in [2.24, 2.45) is 0 Å². The Balaban J connectivity index is 2.19. The molecule has 0 unspecified atom stereocenters. The number of benzene rings is 1. The van der Waals surface area contributed by atoms with Crippen molar-refractivity contribution in [3.8, 4) is 5.75 Å². The summed E-state index contributed by atoms with van der Waals surface area (Å²) in [5.74, 6) is 1.08. The zero-order valence-electron chi connectivity index (χ0n) is 9.76. The number of hydrogen-bond acceptors (Lipinski definition) is 2. The van der Waals surface area contributed by atoms with Gasteiger partial charge in [0.1, 0.15) is 11.9 Å². The minimum Gasteiger partial charge on any atom is -0.489 e.